The standard InChI is InChI=1S/C15H29F3N2/c1-4-14(5-2,20-11-7-8-12-20)13(19-6-3)9-10-15(16,17)18/h13,19H,4-12H2,1-3H3. The highest BCUT2D eigenvalue weighted by atomic mass is 19.4. The van der Waals surface area contributed by atoms with Crippen LogP contribution in [-0.4, -0.2) is 42.3 Å². The molecule has 1 atom stereocenters. The van der Waals surface area contributed by atoms with Crippen LogP contribution in [0.25, 0.3) is 0 Å². The number of nitrogens with one attached hydrogen (secondary N) is 1. The number of hydrogen-bond acceptors (Lipinski definition) is 2. The van der Waals surface area contributed by atoms with E-state index in [1.54, 1.807) is 0 Å². The maximum atomic E-state index is 12.6. The number of rotatable bonds is 8. The monoisotopic (exact) mass is 294 g/mol. The Balaban J connectivity index is 2.86. The number of likely N-dealkylation sites (tertiary alicyclic amines) is 1. The predicted octanol–water partition coefficient (Wildman–Crippen LogP) is 3.96. The first-order valence-corrected chi connectivity index (χ1v) is 7.94. The van der Waals surface area contributed by atoms with Gasteiger partial charge in [0, 0.05) is 18.0 Å². The molecule has 20 heavy (non-hydrogen) atoms. The van der Waals surface area contributed by atoms with Crippen molar-refractivity contribution in [1.29, 1.82) is 0 Å². The van der Waals surface area contributed by atoms with Crippen LogP contribution in [0.4, 0.5) is 13.2 Å². The van der Waals surface area contributed by atoms with Gasteiger partial charge >= 0.3 is 6.18 Å². The summed E-state index contributed by atoms with van der Waals surface area (Å²) >= 11 is 0. The fourth-order valence-corrected chi connectivity index (χ4v) is 3.69. The molecule has 0 aliphatic carbocycles. The average Bonchev–Trinajstić information content (AvgIpc) is 2.91. The van der Waals surface area contributed by atoms with Crippen molar-refractivity contribution < 1.29 is 13.2 Å². The molecule has 0 aromatic heterocycles. The minimum atomic E-state index is -4.06. The highest BCUT2D eigenvalue weighted by molar-refractivity contribution is 5.00. The second-order valence-electron chi connectivity index (χ2n) is 5.77. The Morgan fingerprint density at radius 2 is 1.60 bits per heavy atom. The number of hydrogen-bond donors (Lipinski definition) is 1. The molecule has 1 fully saturated rings. The van der Waals surface area contributed by atoms with Crippen LogP contribution in [0.1, 0.15) is 59.3 Å². The second kappa shape index (κ2) is 7.64. The van der Waals surface area contributed by atoms with E-state index in [4.69, 9.17) is 0 Å². The smallest absolute Gasteiger partial charge is 0.312 e. The molecular weight excluding hydrogens is 265 g/mol. The van der Waals surface area contributed by atoms with Crippen LogP contribution in [-0.2, 0) is 0 Å². The number of alkyl halides is 3. The van der Waals surface area contributed by atoms with E-state index in [1.165, 1.54) is 12.8 Å². The first-order valence-electron chi connectivity index (χ1n) is 7.94. The molecule has 0 spiro atoms. The topological polar surface area (TPSA) is 15.3 Å². The second-order valence-corrected chi connectivity index (χ2v) is 5.77. The van der Waals surface area contributed by atoms with Crippen molar-refractivity contribution in [3.8, 4) is 0 Å². The molecule has 1 N–H and O–H groups in total. The molecule has 2 nitrogen and oxygen atoms in total. The Bertz CT molecular complexity index is 269. The third kappa shape index (κ3) is 4.35. The molecular formula is C15H29F3N2. The van der Waals surface area contributed by atoms with Gasteiger partial charge in [0.1, 0.15) is 0 Å². The first kappa shape index (κ1) is 17.8. The van der Waals surface area contributed by atoms with Crippen LogP contribution in [0.2, 0.25) is 0 Å². The molecule has 0 amide bonds. The molecule has 0 bridgehead atoms. The molecule has 120 valence electrons. The Labute approximate surface area is 121 Å². The summed E-state index contributed by atoms with van der Waals surface area (Å²) in [6, 6.07) is -0.0813. The summed E-state index contributed by atoms with van der Waals surface area (Å²) in [5, 5.41) is 3.33. The number of halogens is 3. The van der Waals surface area contributed by atoms with Crippen molar-refractivity contribution in [1.82, 2.24) is 10.2 Å². The van der Waals surface area contributed by atoms with Gasteiger partial charge in [-0.3, -0.25) is 4.90 Å². The highest BCUT2D eigenvalue weighted by Gasteiger charge is 2.43. The molecule has 0 aromatic carbocycles. The van der Waals surface area contributed by atoms with Crippen molar-refractivity contribution in [3.63, 3.8) is 0 Å². The summed E-state index contributed by atoms with van der Waals surface area (Å²) < 4.78 is 37.8. The third-order valence-corrected chi connectivity index (χ3v) is 4.78. The van der Waals surface area contributed by atoms with Crippen LogP contribution in [0.15, 0.2) is 0 Å². The minimum Gasteiger partial charge on any atom is -0.312 e. The molecule has 1 rings (SSSR count). The molecule has 1 aliphatic heterocycles. The minimum absolute atomic E-state index is 0.0813. The molecule has 1 unspecified atom stereocenters. The zero-order valence-corrected chi connectivity index (χ0v) is 13.0. The predicted molar refractivity (Wildman–Crippen MR) is 76.9 cm³/mol. The van der Waals surface area contributed by atoms with E-state index in [9.17, 15) is 13.2 Å². The van der Waals surface area contributed by atoms with Crippen LogP contribution in [0, 0.1) is 0 Å². The van der Waals surface area contributed by atoms with Crippen molar-refractivity contribution in [2.75, 3.05) is 19.6 Å². The molecule has 1 heterocycles. The lowest BCUT2D eigenvalue weighted by Crippen LogP contribution is -2.60. The summed E-state index contributed by atoms with van der Waals surface area (Å²) in [4.78, 5) is 2.43. The van der Waals surface area contributed by atoms with Crippen LogP contribution in [0.5, 0.6) is 0 Å². The van der Waals surface area contributed by atoms with Gasteiger partial charge in [-0.25, -0.2) is 0 Å². The Hall–Kier alpha value is -0.290. The quantitative estimate of drug-likeness (QED) is 0.729. The van der Waals surface area contributed by atoms with E-state index in [-0.39, 0.29) is 18.0 Å². The Morgan fingerprint density at radius 3 is 2.00 bits per heavy atom. The van der Waals surface area contributed by atoms with Gasteiger partial charge in [-0.15, -0.1) is 0 Å². The van der Waals surface area contributed by atoms with E-state index in [1.807, 2.05) is 6.92 Å². The normalized spacial score (nSPS) is 19.5. The summed E-state index contributed by atoms with van der Waals surface area (Å²) in [7, 11) is 0. The largest absolute Gasteiger partial charge is 0.389 e. The zero-order valence-electron chi connectivity index (χ0n) is 13.0. The van der Waals surface area contributed by atoms with Crippen LogP contribution in [0.3, 0.4) is 0 Å². The van der Waals surface area contributed by atoms with E-state index in [0.717, 1.165) is 32.5 Å². The highest BCUT2D eigenvalue weighted by Crippen LogP contribution is 2.35. The van der Waals surface area contributed by atoms with Gasteiger partial charge in [0.15, 0.2) is 0 Å². The maximum absolute atomic E-state index is 12.6. The lowest BCUT2D eigenvalue weighted by Gasteiger charge is -2.47. The van der Waals surface area contributed by atoms with Gasteiger partial charge in [-0.05, 0) is 51.7 Å². The lowest BCUT2D eigenvalue weighted by molar-refractivity contribution is -0.139. The van der Waals surface area contributed by atoms with Gasteiger partial charge in [0.25, 0.3) is 0 Å². The van der Waals surface area contributed by atoms with Gasteiger partial charge in [0.2, 0.25) is 0 Å². The molecule has 1 saturated heterocycles. The Morgan fingerprint density at radius 1 is 1.05 bits per heavy atom. The summed E-state index contributed by atoms with van der Waals surface area (Å²) in [6.07, 6.45) is -0.445. The van der Waals surface area contributed by atoms with Crippen molar-refractivity contribution in [3.05, 3.63) is 0 Å². The summed E-state index contributed by atoms with van der Waals surface area (Å²) in [5.74, 6) is 0. The van der Waals surface area contributed by atoms with Crippen LogP contribution < -0.4 is 5.32 Å². The average molecular weight is 294 g/mol. The van der Waals surface area contributed by atoms with E-state index >= 15 is 0 Å². The van der Waals surface area contributed by atoms with Crippen molar-refractivity contribution >= 4 is 0 Å². The maximum Gasteiger partial charge on any atom is 0.389 e. The first-order chi connectivity index (χ1) is 9.39. The molecule has 1 aliphatic rings. The van der Waals surface area contributed by atoms with Gasteiger partial charge in [0.05, 0.1) is 0 Å². The summed E-state index contributed by atoms with van der Waals surface area (Å²) in [5.41, 5.74) is -0.127. The summed E-state index contributed by atoms with van der Waals surface area (Å²) in [6.45, 7) is 8.96. The SMILES string of the molecule is CCNC(CCC(F)(F)F)C(CC)(CC)N1CCCC1. The van der Waals surface area contributed by atoms with E-state index < -0.39 is 12.6 Å². The molecule has 0 radical (unpaired) electrons. The lowest BCUT2D eigenvalue weighted by atomic mass is 9.80. The Kier molecular flexibility index (Phi) is 6.79. The van der Waals surface area contributed by atoms with Gasteiger partial charge < -0.3 is 5.32 Å². The molecule has 5 heteroatoms. The van der Waals surface area contributed by atoms with Crippen molar-refractivity contribution in [2.45, 2.75) is 77.1 Å². The van der Waals surface area contributed by atoms with Gasteiger partial charge in [-0.2, -0.15) is 13.2 Å². The number of nitrogens with zero attached hydrogens (tertiary/aromatic N) is 1. The third-order valence-electron chi connectivity index (χ3n) is 4.78. The molecule has 0 aromatic rings. The van der Waals surface area contributed by atoms with E-state index in [2.05, 4.69) is 24.1 Å². The molecule has 0 saturated carbocycles. The van der Waals surface area contributed by atoms with Crippen molar-refractivity contribution in [2.24, 2.45) is 0 Å². The van der Waals surface area contributed by atoms with Crippen LogP contribution >= 0.6 is 0 Å². The number of likely N-dealkylation sites (N-methyl/N-ethyl adjacent to an activating group) is 1. The fourth-order valence-electron chi connectivity index (χ4n) is 3.69. The fraction of sp³-hybridized carbons (Fsp3) is 1.00. The zero-order chi connectivity index (χ0) is 15.2. The van der Waals surface area contributed by atoms with E-state index in [0.29, 0.717) is 0 Å². The van der Waals surface area contributed by atoms with Gasteiger partial charge in [-0.1, -0.05) is 20.8 Å².